The molecule has 2 aliphatic heterocycles. The first-order valence-corrected chi connectivity index (χ1v) is 22.2. The first-order valence-electron chi connectivity index (χ1n) is 14.8. The van der Waals surface area contributed by atoms with E-state index in [9.17, 15) is 9.59 Å². The predicted molar refractivity (Wildman–Crippen MR) is 155 cm³/mol. The van der Waals surface area contributed by atoms with Crippen molar-refractivity contribution in [3.05, 3.63) is 42.0 Å². The summed E-state index contributed by atoms with van der Waals surface area (Å²) in [6.45, 7) is 6.80. The summed E-state index contributed by atoms with van der Waals surface area (Å²) in [5.74, 6) is -3.99. The predicted octanol–water partition coefficient (Wildman–Crippen LogP) is 6.07. The van der Waals surface area contributed by atoms with Crippen LogP contribution in [-0.4, -0.2) is 64.4 Å². The molecule has 1 aromatic heterocycles. The molecule has 224 valence electrons. The number of aromatic nitrogens is 3. The van der Waals surface area contributed by atoms with E-state index in [1.807, 2.05) is 6.20 Å². The van der Waals surface area contributed by atoms with Gasteiger partial charge in [0, 0.05) is 19.2 Å². The van der Waals surface area contributed by atoms with Crippen molar-refractivity contribution in [2.75, 3.05) is 22.9 Å². The third-order valence-corrected chi connectivity index (χ3v) is 23.1. The van der Waals surface area contributed by atoms with E-state index < -0.39 is 59.4 Å². The summed E-state index contributed by atoms with van der Waals surface area (Å²) < 4.78 is 57.2. The summed E-state index contributed by atoms with van der Waals surface area (Å²) in [4.78, 5) is 26.2. The molecule has 0 aliphatic carbocycles. The Morgan fingerprint density at radius 2 is 1.66 bits per heavy atom. The fourth-order valence-corrected chi connectivity index (χ4v) is 20.8. The summed E-state index contributed by atoms with van der Waals surface area (Å²) in [7, 11) is 0. The van der Waals surface area contributed by atoms with Crippen molar-refractivity contribution < 1.29 is 27.5 Å². The Labute approximate surface area is 243 Å². The average Bonchev–Trinajstić information content (AvgIpc) is 3.58. The van der Waals surface area contributed by atoms with Gasteiger partial charge in [-0.3, -0.25) is 4.79 Å². The fourth-order valence-electron chi connectivity index (χ4n) is 5.74. The molecular formula is C29H40F3N5O3Sn. The summed E-state index contributed by atoms with van der Waals surface area (Å²) in [6, 6.07) is 0.799. The molecule has 1 saturated heterocycles. The van der Waals surface area contributed by atoms with Crippen LogP contribution in [-0.2, 0) is 16.1 Å². The normalized spacial score (nSPS) is 17.6. The molecule has 0 radical (unpaired) electrons. The first kappa shape index (κ1) is 31.4. The molecule has 1 fully saturated rings. The Balaban J connectivity index is 1.51. The molecule has 1 amide bonds. The number of halogens is 3. The molecule has 8 nitrogen and oxygen atoms in total. The van der Waals surface area contributed by atoms with Gasteiger partial charge in [0.05, 0.1) is 0 Å². The molecule has 12 heteroatoms. The summed E-state index contributed by atoms with van der Waals surface area (Å²) >= 11 is -2.79. The minimum absolute atomic E-state index is 0.0244. The van der Waals surface area contributed by atoms with Crippen LogP contribution in [0.1, 0.15) is 65.7 Å². The summed E-state index contributed by atoms with van der Waals surface area (Å²) in [5.41, 5.74) is -1.13. The van der Waals surface area contributed by atoms with Crippen LogP contribution >= 0.6 is 0 Å². The van der Waals surface area contributed by atoms with Crippen LogP contribution in [0.2, 0.25) is 13.3 Å². The van der Waals surface area contributed by atoms with E-state index in [1.54, 1.807) is 4.68 Å². The second-order valence-electron chi connectivity index (χ2n) is 11.1. The van der Waals surface area contributed by atoms with Crippen molar-refractivity contribution >= 4 is 45.3 Å². The minimum atomic E-state index is -2.79. The van der Waals surface area contributed by atoms with Crippen molar-refractivity contribution in [2.24, 2.45) is 0 Å². The zero-order valence-corrected chi connectivity index (χ0v) is 27.0. The number of unbranched alkanes of at least 4 members (excludes halogenated alkanes) is 3. The van der Waals surface area contributed by atoms with E-state index in [2.05, 4.69) is 31.1 Å². The monoisotopic (exact) mass is 683 g/mol. The Kier molecular flexibility index (Phi) is 10.8. The van der Waals surface area contributed by atoms with Crippen LogP contribution in [0.3, 0.4) is 0 Å². The summed E-state index contributed by atoms with van der Waals surface area (Å²) in [6.07, 6.45) is 9.92. The van der Waals surface area contributed by atoms with E-state index in [-0.39, 0.29) is 31.8 Å². The van der Waals surface area contributed by atoms with Gasteiger partial charge in [-0.1, -0.05) is 0 Å². The number of amides is 1. The van der Waals surface area contributed by atoms with E-state index in [1.165, 1.54) is 44.8 Å². The Morgan fingerprint density at radius 1 is 1.00 bits per heavy atom. The number of hydrogen-bond acceptors (Lipinski definition) is 6. The van der Waals surface area contributed by atoms with Crippen molar-refractivity contribution in [3.8, 4) is 0 Å². The molecule has 3 heterocycles. The van der Waals surface area contributed by atoms with Crippen molar-refractivity contribution in [1.29, 1.82) is 0 Å². The Morgan fingerprint density at radius 3 is 2.24 bits per heavy atom. The van der Waals surface area contributed by atoms with Crippen LogP contribution in [0.15, 0.2) is 24.5 Å². The molecule has 4 rings (SSSR count). The van der Waals surface area contributed by atoms with E-state index in [0.717, 1.165) is 38.8 Å². The number of anilines is 2. The second kappa shape index (κ2) is 14.1. The molecule has 41 heavy (non-hydrogen) atoms. The number of allylic oxidation sites excluding steroid dienone is 1. The van der Waals surface area contributed by atoms with E-state index in [0.29, 0.717) is 0 Å². The number of carbonyl (C=O) groups excluding carboxylic acids is 2. The average molecular weight is 682 g/mol. The van der Waals surface area contributed by atoms with Crippen molar-refractivity contribution in [1.82, 2.24) is 15.0 Å². The number of ketones is 1. The SMILES string of the molecule is CCC[CH2][Sn]([CH2]CCC)([CH2]CCC)[c]1cn(C[C@H]2CN(c3cc(F)c(N4C=CC(=O)CC4)c(F)c3F)C(=O)O2)nn1. The molecule has 0 N–H and O–H groups in total. The molecule has 0 saturated carbocycles. The third-order valence-electron chi connectivity index (χ3n) is 8.11. The molecule has 0 unspecified atom stereocenters. The quantitative estimate of drug-likeness (QED) is 0.178. The Bertz CT molecular complexity index is 1250. The molecule has 1 atom stereocenters. The van der Waals surface area contributed by atoms with Crippen molar-refractivity contribution in [2.45, 2.75) is 91.7 Å². The fraction of sp³-hybridized carbons (Fsp3) is 0.586. The molecule has 2 aliphatic rings. The second-order valence-corrected chi connectivity index (χ2v) is 24.2. The van der Waals surface area contributed by atoms with Gasteiger partial charge in [0.2, 0.25) is 0 Å². The van der Waals surface area contributed by atoms with Crippen LogP contribution in [0.25, 0.3) is 0 Å². The molecule has 0 spiro atoms. The van der Waals surface area contributed by atoms with Gasteiger partial charge in [0.25, 0.3) is 0 Å². The van der Waals surface area contributed by atoms with Gasteiger partial charge >= 0.3 is 209 Å². The van der Waals surface area contributed by atoms with Crippen LogP contribution in [0.5, 0.6) is 0 Å². The van der Waals surface area contributed by atoms with Gasteiger partial charge < -0.3 is 0 Å². The molecular weight excluding hydrogens is 642 g/mol. The van der Waals surface area contributed by atoms with E-state index in [4.69, 9.17) is 4.74 Å². The number of benzene rings is 1. The van der Waals surface area contributed by atoms with Gasteiger partial charge in [0.1, 0.15) is 0 Å². The number of hydrogen-bond donors (Lipinski definition) is 0. The number of rotatable bonds is 14. The molecule has 2 aromatic rings. The maximum absolute atomic E-state index is 15.2. The van der Waals surface area contributed by atoms with Crippen LogP contribution in [0, 0.1) is 17.5 Å². The molecule has 0 bridgehead atoms. The number of ether oxygens (including phenoxy) is 1. The first-order chi connectivity index (χ1) is 19.7. The Hall–Kier alpha value is -2.57. The van der Waals surface area contributed by atoms with Crippen LogP contribution < -0.4 is 13.5 Å². The standard InChI is InChI=1S/C17H13F3N5O3.3C4H9.Sn/c18-12-7-13(14(19)15(20)16(12)23-4-1-10(26)2-5-23)25-9-11(28-17(25)27)8-24-6-3-21-22-24;3*1-3-4-2;/h1,4,6-7,11H,2,5,8-9H2;3*1,3-4H2,2H3;/t11-;;;;/m0..../s1. The maximum atomic E-state index is 15.2. The summed E-state index contributed by atoms with van der Waals surface area (Å²) in [5, 5.41) is 9.03. The van der Waals surface area contributed by atoms with Gasteiger partial charge in [-0.2, -0.15) is 0 Å². The molecule has 1 aromatic carbocycles. The zero-order valence-electron chi connectivity index (χ0n) is 24.2. The number of carbonyl (C=O) groups is 2. The van der Waals surface area contributed by atoms with Crippen molar-refractivity contribution in [3.63, 3.8) is 0 Å². The van der Waals surface area contributed by atoms with E-state index >= 15 is 13.2 Å². The van der Waals surface area contributed by atoms with Gasteiger partial charge in [0.15, 0.2) is 5.78 Å². The van der Waals surface area contributed by atoms with Gasteiger partial charge in [-0.05, 0) is 6.08 Å². The topological polar surface area (TPSA) is 80.6 Å². The third kappa shape index (κ3) is 7.09. The van der Waals surface area contributed by atoms with Gasteiger partial charge in [-0.15, -0.1) is 0 Å². The number of nitrogens with zero attached hydrogens (tertiary/aromatic N) is 5. The van der Waals surface area contributed by atoms with Gasteiger partial charge in [-0.25, -0.2) is 0 Å². The van der Waals surface area contributed by atoms with Crippen LogP contribution in [0.4, 0.5) is 29.3 Å². The zero-order chi connectivity index (χ0) is 29.6. The number of cyclic esters (lactones) is 1.